The Morgan fingerprint density at radius 2 is 2.03 bits per heavy atom. The SMILES string of the molecule is CN(C)c1cc(NC(=O)NCc2ccc3c(c2)C(=O)N(C2CCC(=O)NC2=O)C3)ncn1. The van der Waals surface area contributed by atoms with E-state index in [4.69, 9.17) is 0 Å². The van der Waals surface area contributed by atoms with Gasteiger partial charge in [0.2, 0.25) is 11.8 Å². The lowest BCUT2D eigenvalue weighted by Gasteiger charge is -2.29. The van der Waals surface area contributed by atoms with E-state index in [1.807, 2.05) is 26.2 Å². The third-order valence-electron chi connectivity index (χ3n) is 5.40. The highest BCUT2D eigenvalue weighted by Crippen LogP contribution is 2.28. The summed E-state index contributed by atoms with van der Waals surface area (Å²) in [6, 6.07) is 5.93. The monoisotopic (exact) mass is 437 g/mol. The minimum Gasteiger partial charge on any atom is -0.363 e. The number of nitrogens with one attached hydrogen (secondary N) is 3. The quantitative estimate of drug-likeness (QED) is 0.584. The number of piperidine rings is 1. The lowest BCUT2D eigenvalue weighted by atomic mass is 10.0. The molecule has 0 saturated carbocycles. The molecule has 0 aliphatic carbocycles. The number of fused-ring (bicyclic) bond motifs is 1. The normalized spacial score (nSPS) is 17.6. The van der Waals surface area contributed by atoms with Gasteiger partial charge < -0.3 is 15.1 Å². The van der Waals surface area contributed by atoms with Crippen molar-refractivity contribution in [2.24, 2.45) is 0 Å². The number of anilines is 2. The van der Waals surface area contributed by atoms with Gasteiger partial charge in [0.1, 0.15) is 24.0 Å². The molecule has 0 bridgehead atoms. The molecule has 1 aromatic heterocycles. The van der Waals surface area contributed by atoms with Gasteiger partial charge in [-0.1, -0.05) is 12.1 Å². The minimum absolute atomic E-state index is 0.205. The molecule has 11 heteroatoms. The van der Waals surface area contributed by atoms with Gasteiger partial charge in [0, 0.05) is 45.2 Å². The van der Waals surface area contributed by atoms with Gasteiger partial charge in [0.15, 0.2) is 0 Å². The van der Waals surface area contributed by atoms with Crippen molar-refractivity contribution in [3.8, 4) is 0 Å². The fourth-order valence-corrected chi connectivity index (χ4v) is 3.71. The van der Waals surface area contributed by atoms with Crippen LogP contribution in [0.2, 0.25) is 0 Å². The fraction of sp³-hybridized carbons (Fsp3) is 0.333. The summed E-state index contributed by atoms with van der Waals surface area (Å²) in [5.74, 6) is 0.0151. The molecule has 2 aliphatic heterocycles. The second-order valence-electron chi connectivity index (χ2n) is 7.86. The molecule has 0 spiro atoms. The average Bonchev–Trinajstić information content (AvgIpc) is 3.08. The summed E-state index contributed by atoms with van der Waals surface area (Å²) in [6.07, 6.45) is 1.89. The maximum absolute atomic E-state index is 12.9. The van der Waals surface area contributed by atoms with Crippen molar-refractivity contribution < 1.29 is 19.2 Å². The second-order valence-corrected chi connectivity index (χ2v) is 7.86. The van der Waals surface area contributed by atoms with E-state index in [0.29, 0.717) is 30.2 Å². The molecule has 1 atom stereocenters. The first-order chi connectivity index (χ1) is 15.3. The van der Waals surface area contributed by atoms with E-state index in [2.05, 4.69) is 25.9 Å². The predicted molar refractivity (Wildman–Crippen MR) is 115 cm³/mol. The number of imide groups is 1. The van der Waals surface area contributed by atoms with Crippen molar-refractivity contribution in [1.82, 2.24) is 25.5 Å². The van der Waals surface area contributed by atoms with Gasteiger partial charge in [-0.25, -0.2) is 14.8 Å². The molecule has 2 aliphatic rings. The van der Waals surface area contributed by atoms with E-state index >= 15 is 0 Å². The number of nitrogens with zero attached hydrogens (tertiary/aromatic N) is 4. The van der Waals surface area contributed by atoms with Gasteiger partial charge in [-0.15, -0.1) is 0 Å². The standard InChI is InChI=1S/C21H23N7O4/c1-27(2)17-8-16(23-11-24-17)25-21(32)22-9-12-3-4-13-10-28(20(31)14(13)7-12)15-5-6-18(29)26-19(15)30/h3-4,7-8,11,15H,5-6,9-10H2,1-2H3,(H,26,29,30)(H2,22,23,24,25,32). The van der Waals surface area contributed by atoms with Crippen LogP contribution in [-0.2, 0) is 22.7 Å². The van der Waals surface area contributed by atoms with Crippen LogP contribution in [0, 0.1) is 0 Å². The summed E-state index contributed by atoms with van der Waals surface area (Å²) in [6.45, 7) is 0.521. The Kier molecular flexibility index (Phi) is 5.71. The van der Waals surface area contributed by atoms with Crippen molar-refractivity contribution in [1.29, 1.82) is 0 Å². The molecular weight excluding hydrogens is 414 g/mol. The van der Waals surface area contributed by atoms with Crippen molar-refractivity contribution >= 4 is 35.4 Å². The molecule has 1 saturated heterocycles. The molecule has 1 aromatic carbocycles. The predicted octanol–water partition coefficient (Wildman–Crippen LogP) is 0.625. The fourth-order valence-electron chi connectivity index (χ4n) is 3.71. The van der Waals surface area contributed by atoms with Gasteiger partial charge in [-0.3, -0.25) is 25.0 Å². The zero-order chi connectivity index (χ0) is 22.8. The maximum atomic E-state index is 12.9. The molecule has 0 radical (unpaired) electrons. The van der Waals surface area contributed by atoms with Gasteiger partial charge >= 0.3 is 6.03 Å². The lowest BCUT2D eigenvalue weighted by Crippen LogP contribution is -2.52. The van der Waals surface area contributed by atoms with E-state index in [-0.39, 0.29) is 24.8 Å². The Balaban J connectivity index is 1.37. The smallest absolute Gasteiger partial charge is 0.320 e. The number of hydrogen-bond donors (Lipinski definition) is 3. The van der Waals surface area contributed by atoms with E-state index in [0.717, 1.165) is 11.1 Å². The summed E-state index contributed by atoms with van der Waals surface area (Å²) in [5.41, 5.74) is 2.06. The molecule has 3 N–H and O–H groups in total. The van der Waals surface area contributed by atoms with Crippen LogP contribution in [0.1, 0.15) is 34.3 Å². The number of aromatic nitrogens is 2. The Morgan fingerprint density at radius 1 is 1.22 bits per heavy atom. The zero-order valence-corrected chi connectivity index (χ0v) is 17.7. The van der Waals surface area contributed by atoms with E-state index in [1.165, 1.54) is 11.2 Å². The topological polar surface area (TPSA) is 137 Å². The molecule has 4 rings (SSSR count). The number of urea groups is 1. The maximum Gasteiger partial charge on any atom is 0.320 e. The summed E-state index contributed by atoms with van der Waals surface area (Å²) in [7, 11) is 3.67. The van der Waals surface area contributed by atoms with Crippen LogP contribution in [-0.4, -0.2) is 58.8 Å². The van der Waals surface area contributed by atoms with E-state index in [9.17, 15) is 19.2 Å². The highest BCUT2D eigenvalue weighted by atomic mass is 16.2. The first kappa shape index (κ1) is 21.2. The number of carbonyl (C=O) groups excluding carboxylic acids is 4. The van der Waals surface area contributed by atoms with Crippen LogP contribution in [0.4, 0.5) is 16.4 Å². The molecule has 11 nitrogen and oxygen atoms in total. The third-order valence-corrected chi connectivity index (χ3v) is 5.40. The Hall–Kier alpha value is -4.02. The Bertz CT molecular complexity index is 1100. The summed E-state index contributed by atoms with van der Waals surface area (Å²) < 4.78 is 0. The number of carbonyl (C=O) groups is 4. The van der Waals surface area contributed by atoms with Crippen LogP contribution >= 0.6 is 0 Å². The Morgan fingerprint density at radius 3 is 2.78 bits per heavy atom. The molecule has 5 amide bonds. The lowest BCUT2D eigenvalue weighted by molar-refractivity contribution is -0.136. The van der Waals surface area contributed by atoms with Crippen LogP contribution in [0.5, 0.6) is 0 Å². The zero-order valence-electron chi connectivity index (χ0n) is 17.7. The highest BCUT2D eigenvalue weighted by molar-refractivity contribution is 6.05. The number of rotatable bonds is 5. The number of amides is 5. The van der Waals surface area contributed by atoms with Crippen molar-refractivity contribution in [3.05, 3.63) is 47.3 Å². The van der Waals surface area contributed by atoms with Gasteiger partial charge in [0.05, 0.1) is 0 Å². The van der Waals surface area contributed by atoms with Crippen molar-refractivity contribution in [3.63, 3.8) is 0 Å². The first-order valence-corrected chi connectivity index (χ1v) is 10.1. The van der Waals surface area contributed by atoms with E-state index in [1.54, 1.807) is 17.0 Å². The summed E-state index contributed by atoms with van der Waals surface area (Å²) >= 11 is 0. The molecule has 1 fully saturated rings. The number of hydrogen-bond acceptors (Lipinski definition) is 7. The minimum atomic E-state index is -0.653. The first-order valence-electron chi connectivity index (χ1n) is 10.1. The van der Waals surface area contributed by atoms with Crippen LogP contribution in [0.25, 0.3) is 0 Å². The van der Waals surface area contributed by atoms with Gasteiger partial charge in [-0.05, 0) is 23.6 Å². The molecule has 32 heavy (non-hydrogen) atoms. The van der Waals surface area contributed by atoms with Crippen LogP contribution < -0.4 is 20.9 Å². The largest absolute Gasteiger partial charge is 0.363 e. The van der Waals surface area contributed by atoms with Gasteiger partial charge in [0.25, 0.3) is 5.91 Å². The van der Waals surface area contributed by atoms with E-state index < -0.39 is 18.0 Å². The summed E-state index contributed by atoms with van der Waals surface area (Å²) in [5, 5.41) is 7.68. The van der Waals surface area contributed by atoms with Crippen molar-refractivity contribution in [2.75, 3.05) is 24.3 Å². The molecule has 3 heterocycles. The third kappa shape index (κ3) is 4.36. The average molecular weight is 437 g/mol. The molecular formula is C21H23N7O4. The molecule has 1 unspecified atom stereocenters. The second kappa shape index (κ2) is 8.61. The summed E-state index contributed by atoms with van der Waals surface area (Å²) in [4.78, 5) is 60.1. The van der Waals surface area contributed by atoms with Crippen LogP contribution in [0.3, 0.4) is 0 Å². The molecule has 166 valence electrons. The highest BCUT2D eigenvalue weighted by Gasteiger charge is 2.39. The van der Waals surface area contributed by atoms with Crippen LogP contribution in [0.15, 0.2) is 30.6 Å². The van der Waals surface area contributed by atoms with Crippen molar-refractivity contribution in [2.45, 2.75) is 32.0 Å². The molecule has 2 aromatic rings. The Labute approximate surface area is 184 Å². The number of benzene rings is 1. The van der Waals surface area contributed by atoms with Gasteiger partial charge in [-0.2, -0.15) is 0 Å².